The van der Waals surface area contributed by atoms with Gasteiger partial charge in [-0.3, -0.25) is 19.2 Å². The van der Waals surface area contributed by atoms with Gasteiger partial charge in [0.15, 0.2) is 23.0 Å². The summed E-state index contributed by atoms with van der Waals surface area (Å²) in [6.07, 6.45) is 6.09. The lowest BCUT2D eigenvalue weighted by Crippen LogP contribution is -2.59. The zero-order chi connectivity index (χ0) is 20.9. The molecule has 0 amide bonds. The first-order chi connectivity index (χ1) is 13.6. The molecule has 5 rings (SSSR count). The Balaban J connectivity index is 1.56. The fourth-order valence-electron chi connectivity index (χ4n) is 8.33. The largest absolute Gasteiger partial charge is 0.451 e. The van der Waals surface area contributed by atoms with Crippen molar-refractivity contribution >= 4 is 23.3 Å². The second kappa shape index (κ2) is 5.67. The van der Waals surface area contributed by atoms with Gasteiger partial charge in [-0.05, 0) is 68.8 Å². The average Bonchev–Trinajstić information content (AvgIpc) is 3.39. The van der Waals surface area contributed by atoms with Gasteiger partial charge in [-0.25, -0.2) is 0 Å². The van der Waals surface area contributed by atoms with Gasteiger partial charge < -0.3 is 4.74 Å². The Kier molecular flexibility index (Phi) is 3.76. The maximum Gasteiger partial charge on any atom is 0.303 e. The van der Waals surface area contributed by atoms with Crippen molar-refractivity contribution in [2.45, 2.75) is 71.8 Å². The SMILES string of the molecule is CC(=O)O[C@]1(C(C)=O)CC[C@H]2[C@@H]3CC(=O)C4=CC(=O)[C@@H]5C[C@@H]5[C@]4(C)[C@H]3CC[C@@]21C. The van der Waals surface area contributed by atoms with Gasteiger partial charge in [0.25, 0.3) is 0 Å². The molecule has 0 heterocycles. The highest BCUT2D eigenvalue weighted by Crippen LogP contribution is 2.72. The van der Waals surface area contributed by atoms with Crippen LogP contribution in [-0.4, -0.2) is 28.9 Å². The van der Waals surface area contributed by atoms with Crippen LogP contribution in [0.2, 0.25) is 0 Å². The van der Waals surface area contributed by atoms with Crippen molar-refractivity contribution in [2.24, 2.45) is 40.4 Å². The quantitative estimate of drug-likeness (QED) is 0.666. The fourth-order valence-corrected chi connectivity index (χ4v) is 8.33. The number of hydrogen-bond acceptors (Lipinski definition) is 5. The highest BCUT2D eigenvalue weighted by molar-refractivity contribution is 6.08. The molecule has 4 fully saturated rings. The van der Waals surface area contributed by atoms with E-state index in [9.17, 15) is 19.2 Å². The molecule has 0 spiro atoms. The number of allylic oxidation sites excluding steroid dienone is 1. The molecule has 0 aromatic heterocycles. The van der Waals surface area contributed by atoms with Crippen LogP contribution in [0.25, 0.3) is 0 Å². The number of ether oxygens (including phenoxy) is 1. The second-order valence-corrected chi connectivity index (χ2v) is 10.7. The summed E-state index contributed by atoms with van der Waals surface area (Å²) >= 11 is 0. The van der Waals surface area contributed by atoms with Crippen molar-refractivity contribution in [2.75, 3.05) is 0 Å². The highest BCUT2D eigenvalue weighted by atomic mass is 16.6. The van der Waals surface area contributed by atoms with Crippen molar-refractivity contribution < 1.29 is 23.9 Å². The van der Waals surface area contributed by atoms with Gasteiger partial charge in [-0.15, -0.1) is 0 Å². The molecule has 5 aliphatic rings. The average molecular weight is 398 g/mol. The highest BCUT2D eigenvalue weighted by Gasteiger charge is 2.71. The molecule has 0 aromatic carbocycles. The minimum Gasteiger partial charge on any atom is -0.451 e. The Bertz CT molecular complexity index is 886. The van der Waals surface area contributed by atoms with Crippen LogP contribution < -0.4 is 0 Å². The first kappa shape index (κ1) is 19.2. The molecule has 0 saturated heterocycles. The van der Waals surface area contributed by atoms with Crippen LogP contribution in [0, 0.1) is 40.4 Å². The Morgan fingerprint density at radius 1 is 1.03 bits per heavy atom. The van der Waals surface area contributed by atoms with E-state index in [4.69, 9.17) is 4.74 Å². The number of rotatable bonds is 2. The Morgan fingerprint density at radius 3 is 2.38 bits per heavy atom. The molecule has 0 bridgehead atoms. The van der Waals surface area contributed by atoms with Gasteiger partial charge in [0.1, 0.15) is 0 Å². The lowest BCUT2D eigenvalue weighted by Gasteiger charge is -2.58. The molecule has 29 heavy (non-hydrogen) atoms. The van der Waals surface area contributed by atoms with E-state index >= 15 is 0 Å². The van der Waals surface area contributed by atoms with Gasteiger partial charge in [0, 0.05) is 35.7 Å². The third kappa shape index (κ3) is 2.17. The maximum absolute atomic E-state index is 13.2. The van der Waals surface area contributed by atoms with Crippen LogP contribution in [0.15, 0.2) is 11.6 Å². The Labute approximate surface area is 171 Å². The summed E-state index contributed by atoms with van der Waals surface area (Å²) in [5, 5.41) is 0. The van der Waals surface area contributed by atoms with Crippen molar-refractivity contribution in [3.05, 3.63) is 11.6 Å². The molecule has 8 atom stereocenters. The van der Waals surface area contributed by atoms with Crippen LogP contribution in [0.5, 0.6) is 0 Å². The van der Waals surface area contributed by atoms with E-state index in [1.165, 1.54) is 6.92 Å². The van der Waals surface area contributed by atoms with Crippen LogP contribution in [0.4, 0.5) is 0 Å². The van der Waals surface area contributed by atoms with Gasteiger partial charge in [0.05, 0.1) is 0 Å². The second-order valence-electron chi connectivity index (χ2n) is 10.7. The number of fused-ring (bicyclic) bond motifs is 7. The van der Waals surface area contributed by atoms with E-state index in [0.717, 1.165) is 31.3 Å². The molecule has 0 aromatic rings. The van der Waals surface area contributed by atoms with E-state index in [1.807, 2.05) is 0 Å². The number of ketones is 3. The maximum atomic E-state index is 13.2. The number of carbonyl (C=O) groups excluding carboxylic acids is 4. The molecule has 4 saturated carbocycles. The van der Waals surface area contributed by atoms with Crippen molar-refractivity contribution in [1.82, 2.24) is 0 Å². The molecule has 0 radical (unpaired) electrons. The van der Waals surface area contributed by atoms with Gasteiger partial charge in [-0.1, -0.05) is 13.8 Å². The lowest BCUT2D eigenvalue weighted by molar-refractivity contribution is -0.187. The predicted molar refractivity (Wildman–Crippen MR) is 105 cm³/mol. The molecule has 156 valence electrons. The number of esters is 1. The van der Waals surface area contributed by atoms with Gasteiger partial charge in [-0.2, -0.15) is 0 Å². The third-order valence-electron chi connectivity index (χ3n) is 9.73. The number of carbonyl (C=O) groups is 4. The smallest absolute Gasteiger partial charge is 0.303 e. The minimum absolute atomic E-state index is 0.0735. The van der Waals surface area contributed by atoms with Crippen molar-refractivity contribution in [1.29, 1.82) is 0 Å². The fraction of sp³-hybridized carbons (Fsp3) is 0.750. The van der Waals surface area contributed by atoms with Crippen LogP contribution in [-0.2, 0) is 23.9 Å². The molecular weight excluding hydrogens is 368 g/mol. The van der Waals surface area contributed by atoms with Crippen molar-refractivity contribution in [3.8, 4) is 0 Å². The summed E-state index contributed by atoms with van der Waals surface area (Å²) in [6.45, 7) is 7.24. The standard InChI is InChI=1S/C24H30O5/c1-12(25)24(29-13(2)26)8-6-16-14-10-21(28)19-11-20(27)15-9-18(15)23(19,4)17(14)5-7-22(16,24)3/h11,14-18H,5-10H2,1-4H3/t14-,15+,16-,17-,18-,22-,23-,24-/m0/s1. The monoisotopic (exact) mass is 398 g/mol. The van der Waals surface area contributed by atoms with E-state index in [1.54, 1.807) is 13.0 Å². The van der Waals surface area contributed by atoms with E-state index < -0.39 is 17.0 Å². The molecule has 0 aliphatic heterocycles. The normalized spacial score (nSPS) is 49.9. The third-order valence-corrected chi connectivity index (χ3v) is 9.73. The summed E-state index contributed by atoms with van der Waals surface area (Å²) in [4.78, 5) is 50.2. The molecule has 5 nitrogen and oxygen atoms in total. The molecule has 0 N–H and O–H groups in total. The molecule has 5 heteroatoms. The lowest BCUT2D eigenvalue weighted by atomic mass is 9.45. The van der Waals surface area contributed by atoms with Crippen LogP contribution in [0.3, 0.4) is 0 Å². The van der Waals surface area contributed by atoms with E-state index in [0.29, 0.717) is 24.7 Å². The molecule has 0 unspecified atom stereocenters. The summed E-state index contributed by atoms with van der Waals surface area (Å²) in [7, 11) is 0. The Hall–Kier alpha value is -1.78. The molecule has 5 aliphatic carbocycles. The van der Waals surface area contributed by atoms with Crippen LogP contribution in [0.1, 0.15) is 66.2 Å². The number of Topliss-reactive ketones (excluding diaryl/α,β-unsaturated/α-hetero) is 2. The summed E-state index contributed by atoms with van der Waals surface area (Å²) in [5.74, 6) is 0.895. The van der Waals surface area contributed by atoms with E-state index in [-0.39, 0.29) is 40.5 Å². The van der Waals surface area contributed by atoms with Gasteiger partial charge in [0.2, 0.25) is 0 Å². The van der Waals surface area contributed by atoms with E-state index in [2.05, 4.69) is 13.8 Å². The van der Waals surface area contributed by atoms with Crippen molar-refractivity contribution in [3.63, 3.8) is 0 Å². The van der Waals surface area contributed by atoms with Crippen LogP contribution >= 0.6 is 0 Å². The van der Waals surface area contributed by atoms with Gasteiger partial charge >= 0.3 is 5.97 Å². The minimum atomic E-state index is -1.07. The zero-order valence-corrected chi connectivity index (χ0v) is 17.7. The molecular formula is C24H30O5. The summed E-state index contributed by atoms with van der Waals surface area (Å²) < 4.78 is 5.79. The first-order valence-corrected chi connectivity index (χ1v) is 11.1. The summed E-state index contributed by atoms with van der Waals surface area (Å²) in [6, 6.07) is 0. The predicted octanol–water partition coefficient (Wildman–Crippen LogP) is 3.44. The number of hydrogen-bond donors (Lipinski definition) is 0. The Morgan fingerprint density at radius 2 is 1.72 bits per heavy atom. The first-order valence-electron chi connectivity index (χ1n) is 11.1. The zero-order valence-electron chi connectivity index (χ0n) is 17.7. The summed E-state index contributed by atoms with van der Waals surface area (Å²) in [5.41, 5.74) is -0.958. The topological polar surface area (TPSA) is 77.5 Å².